The number of aromatic nitrogens is 2. The van der Waals surface area contributed by atoms with Crippen LogP contribution in [0.5, 0.6) is 0 Å². The molecule has 8 heteroatoms. The fourth-order valence-corrected chi connectivity index (χ4v) is 2.21. The Bertz CT molecular complexity index is 597. The third-order valence-electron chi connectivity index (χ3n) is 2.89. The highest BCUT2D eigenvalue weighted by atomic mass is 79.9. The summed E-state index contributed by atoms with van der Waals surface area (Å²) in [5, 5.41) is 8.93. The van der Waals surface area contributed by atoms with E-state index in [0.29, 0.717) is 0 Å². The summed E-state index contributed by atoms with van der Waals surface area (Å²) in [5.41, 5.74) is -0.971. The minimum absolute atomic E-state index is 0.0470. The molecule has 2 rings (SSSR count). The van der Waals surface area contributed by atoms with Gasteiger partial charge in [0.1, 0.15) is 18.5 Å². The number of aliphatic hydroxyl groups excluding tert-OH is 1. The van der Waals surface area contributed by atoms with Crippen molar-refractivity contribution in [2.75, 3.05) is 6.61 Å². The molecule has 0 amide bonds. The number of aromatic amines is 1. The molecule has 6 nitrogen and oxygen atoms in total. The molecule has 0 spiro atoms. The van der Waals surface area contributed by atoms with E-state index in [1.165, 1.54) is 17.3 Å². The maximum absolute atomic E-state index is 13.5. The van der Waals surface area contributed by atoms with Crippen LogP contribution in [0, 0.1) is 0 Å². The number of nitrogens with one attached hydrogen (secondary N) is 1. The van der Waals surface area contributed by atoms with E-state index in [9.17, 15) is 14.0 Å². The molecule has 0 aromatic carbocycles. The number of aliphatic hydroxyl groups is 1. The average Bonchev–Trinajstić information content (AvgIpc) is 2.74. The molecule has 1 unspecified atom stereocenters. The Labute approximate surface area is 115 Å². The summed E-state index contributed by atoms with van der Waals surface area (Å²) in [6.07, 6.45) is -0.410. The van der Waals surface area contributed by atoms with Crippen LogP contribution >= 0.6 is 15.9 Å². The van der Waals surface area contributed by atoms with Crippen molar-refractivity contribution in [3.8, 4) is 0 Å². The Morgan fingerprint density at radius 2 is 2.37 bits per heavy atom. The topological polar surface area (TPSA) is 84.3 Å². The molecule has 3 atom stereocenters. The van der Waals surface area contributed by atoms with E-state index >= 15 is 0 Å². The number of rotatable bonds is 3. The Hall–Kier alpha value is -1.25. The molecule has 1 aromatic rings. The summed E-state index contributed by atoms with van der Waals surface area (Å²) in [6.45, 7) is -0.454. The highest BCUT2D eigenvalue weighted by Crippen LogP contribution is 2.29. The van der Waals surface area contributed by atoms with Crippen molar-refractivity contribution >= 4 is 22.0 Å². The van der Waals surface area contributed by atoms with Gasteiger partial charge in [0.25, 0.3) is 5.56 Å². The van der Waals surface area contributed by atoms with Crippen molar-refractivity contribution in [3.05, 3.63) is 37.6 Å². The lowest BCUT2D eigenvalue weighted by molar-refractivity contribution is -0.0356. The molecule has 1 saturated heterocycles. The third kappa shape index (κ3) is 2.85. The van der Waals surface area contributed by atoms with E-state index in [2.05, 4.69) is 20.9 Å². The second-order valence-corrected chi connectivity index (χ2v) is 4.64. The predicted octanol–water partition coefficient (Wildman–Crippen LogP) is 0.520. The standard InChI is InChI=1S/C11H12BrFN2O4/c12-2-1-6-4-15(11(18)14-10(6)17)9-3-7(13)8(5-16)19-9/h1-2,4,7-9,16H,3,5H2,(H,14,17,18)/b2-1+/t7?,8-,9-/m0/s1. The van der Waals surface area contributed by atoms with Gasteiger partial charge in [0.05, 0.1) is 12.2 Å². The molecule has 2 N–H and O–H groups in total. The molecular formula is C11H12BrFN2O4. The van der Waals surface area contributed by atoms with Crippen LogP contribution in [0.2, 0.25) is 0 Å². The van der Waals surface area contributed by atoms with Crippen molar-refractivity contribution in [1.29, 1.82) is 0 Å². The van der Waals surface area contributed by atoms with Gasteiger partial charge in [0, 0.05) is 12.6 Å². The zero-order chi connectivity index (χ0) is 14.0. The van der Waals surface area contributed by atoms with E-state index in [1.807, 2.05) is 0 Å². The van der Waals surface area contributed by atoms with Crippen LogP contribution < -0.4 is 11.2 Å². The summed E-state index contributed by atoms with van der Waals surface area (Å²) in [7, 11) is 0. The van der Waals surface area contributed by atoms with E-state index in [4.69, 9.17) is 9.84 Å². The van der Waals surface area contributed by atoms with Gasteiger partial charge < -0.3 is 9.84 Å². The lowest BCUT2D eigenvalue weighted by Gasteiger charge is -2.14. The molecule has 0 aliphatic carbocycles. The number of H-pyrrole nitrogens is 1. The Kier molecular flexibility index (Phi) is 4.33. The summed E-state index contributed by atoms with van der Waals surface area (Å²) in [5.74, 6) is 0. The predicted molar refractivity (Wildman–Crippen MR) is 69.8 cm³/mol. The van der Waals surface area contributed by atoms with Crippen molar-refractivity contribution in [1.82, 2.24) is 9.55 Å². The molecule has 0 bridgehead atoms. The van der Waals surface area contributed by atoms with Gasteiger partial charge >= 0.3 is 5.69 Å². The molecule has 1 aliphatic heterocycles. The van der Waals surface area contributed by atoms with E-state index in [0.717, 1.165) is 4.57 Å². The van der Waals surface area contributed by atoms with Crippen LogP contribution in [0.3, 0.4) is 0 Å². The molecule has 1 aromatic heterocycles. The first kappa shape index (κ1) is 14.2. The van der Waals surface area contributed by atoms with E-state index < -0.39 is 36.4 Å². The minimum atomic E-state index is -1.34. The fraction of sp³-hybridized carbons (Fsp3) is 0.455. The zero-order valence-electron chi connectivity index (χ0n) is 9.75. The van der Waals surface area contributed by atoms with Crippen molar-refractivity contribution < 1.29 is 14.2 Å². The Balaban J connectivity index is 2.38. The van der Waals surface area contributed by atoms with Crippen molar-refractivity contribution in [3.63, 3.8) is 0 Å². The van der Waals surface area contributed by atoms with Crippen LogP contribution in [0.15, 0.2) is 20.8 Å². The molecule has 0 radical (unpaired) electrons. The molecule has 1 fully saturated rings. The second-order valence-electron chi connectivity index (χ2n) is 4.11. The van der Waals surface area contributed by atoms with Crippen LogP contribution in [0.4, 0.5) is 4.39 Å². The van der Waals surface area contributed by atoms with Crippen LogP contribution in [0.25, 0.3) is 6.08 Å². The smallest absolute Gasteiger partial charge is 0.330 e. The molecule has 104 valence electrons. The average molecular weight is 335 g/mol. The van der Waals surface area contributed by atoms with E-state index in [1.54, 1.807) is 0 Å². The highest BCUT2D eigenvalue weighted by Gasteiger charge is 2.36. The number of ether oxygens (including phenoxy) is 1. The largest absolute Gasteiger partial charge is 0.394 e. The van der Waals surface area contributed by atoms with Gasteiger partial charge in [-0.3, -0.25) is 14.3 Å². The first-order valence-electron chi connectivity index (χ1n) is 5.59. The molecule has 19 heavy (non-hydrogen) atoms. The van der Waals surface area contributed by atoms with Gasteiger partial charge in [-0.1, -0.05) is 15.9 Å². The minimum Gasteiger partial charge on any atom is -0.394 e. The van der Waals surface area contributed by atoms with Crippen LogP contribution in [-0.4, -0.2) is 33.5 Å². The first-order chi connectivity index (χ1) is 9.06. The van der Waals surface area contributed by atoms with E-state index in [-0.39, 0.29) is 12.0 Å². The lowest BCUT2D eigenvalue weighted by Crippen LogP contribution is -2.33. The van der Waals surface area contributed by atoms with Crippen molar-refractivity contribution in [2.24, 2.45) is 0 Å². The summed E-state index contributed by atoms with van der Waals surface area (Å²) >= 11 is 3.03. The molecule has 0 saturated carbocycles. The van der Waals surface area contributed by atoms with Gasteiger partial charge in [-0.05, 0) is 11.1 Å². The van der Waals surface area contributed by atoms with Crippen molar-refractivity contribution in [2.45, 2.75) is 24.9 Å². The summed E-state index contributed by atoms with van der Waals surface area (Å²) < 4.78 is 19.8. The quantitative estimate of drug-likeness (QED) is 0.844. The maximum Gasteiger partial charge on any atom is 0.330 e. The van der Waals surface area contributed by atoms with Crippen LogP contribution in [-0.2, 0) is 4.74 Å². The van der Waals surface area contributed by atoms with Gasteiger partial charge in [-0.2, -0.15) is 0 Å². The Morgan fingerprint density at radius 3 is 2.95 bits per heavy atom. The molecule has 1 aliphatic rings. The number of hydrogen-bond acceptors (Lipinski definition) is 4. The number of alkyl halides is 1. The van der Waals surface area contributed by atoms with Gasteiger partial charge in [0.15, 0.2) is 0 Å². The van der Waals surface area contributed by atoms with Gasteiger partial charge in [-0.15, -0.1) is 0 Å². The SMILES string of the molecule is O=c1[nH]c(=O)n([C@@H]2CC(F)[C@H](CO)O2)cc1/C=C/Br. The normalized spacial score (nSPS) is 27.2. The number of nitrogens with zero attached hydrogens (tertiary/aromatic N) is 1. The number of hydrogen-bond donors (Lipinski definition) is 2. The Morgan fingerprint density at radius 1 is 1.63 bits per heavy atom. The van der Waals surface area contributed by atoms with Gasteiger partial charge in [0.2, 0.25) is 0 Å². The first-order valence-corrected chi connectivity index (χ1v) is 6.51. The fourth-order valence-electron chi connectivity index (χ4n) is 1.92. The van der Waals surface area contributed by atoms with Crippen LogP contribution in [0.1, 0.15) is 18.2 Å². The summed E-state index contributed by atoms with van der Waals surface area (Å²) in [6, 6.07) is 0. The molecular weight excluding hydrogens is 323 g/mol. The van der Waals surface area contributed by atoms with Gasteiger partial charge in [-0.25, -0.2) is 9.18 Å². The number of halogens is 2. The second kappa shape index (κ2) is 5.81. The zero-order valence-corrected chi connectivity index (χ0v) is 11.3. The molecule has 2 heterocycles. The lowest BCUT2D eigenvalue weighted by atomic mass is 10.2. The highest BCUT2D eigenvalue weighted by molar-refractivity contribution is 9.11. The monoisotopic (exact) mass is 334 g/mol. The summed E-state index contributed by atoms with van der Waals surface area (Å²) in [4.78, 5) is 26.8. The third-order valence-corrected chi connectivity index (χ3v) is 3.15. The maximum atomic E-state index is 13.5.